The molecule has 1 amide bonds. The number of nitrogens with zero attached hydrogens (tertiary/aromatic N) is 1. The molecule has 0 spiro atoms. The number of hydrogen-bond acceptors (Lipinski definition) is 2. The average Bonchev–Trinajstić information content (AvgIpc) is 2.16. The SMILES string of the molecule is CC(=O)N(C)C1CCCCC1NC(C)C. The summed E-state index contributed by atoms with van der Waals surface area (Å²) in [6.45, 7) is 5.99. The van der Waals surface area contributed by atoms with Crippen LogP contribution in [-0.2, 0) is 4.79 Å². The van der Waals surface area contributed by atoms with Gasteiger partial charge in [0.15, 0.2) is 0 Å². The third-order valence-corrected chi connectivity index (χ3v) is 3.27. The van der Waals surface area contributed by atoms with Gasteiger partial charge in [0.25, 0.3) is 0 Å². The highest BCUT2D eigenvalue weighted by molar-refractivity contribution is 5.73. The van der Waals surface area contributed by atoms with Crippen LogP contribution < -0.4 is 5.32 Å². The largest absolute Gasteiger partial charge is 0.341 e. The summed E-state index contributed by atoms with van der Waals surface area (Å²) in [6.07, 6.45) is 4.87. The van der Waals surface area contributed by atoms with Crippen molar-refractivity contribution in [1.82, 2.24) is 10.2 Å². The molecule has 3 nitrogen and oxygen atoms in total. The predicted molar refractivity (Wildman–Crippen MR) is 62.8 cm³/mol. The molecular formula is C12H24N2O. The highest BCUT2D eigenvalue weighted by Crippen LogP contribution is 2.22. The predicted octanol–water partition coefficient (Wildman–Crippen LogP) is 1.77. The molecule has 0 bridgehead atoms. The third kappa shape index (κ3) is 3.49. The summed E-state index contributed by atoms with van der Waals surface area (Å²) in [5, 5.41) is 3.57. The summed E-state index contributed by atoms with van der Waals surface area (Å²) in [7, 11) is 1.92. The molecular weight excluding hydrogens is 188 g/mol. The van der Waals surface area contributed by atoms with Gasteiger partial charge in [-0.05, 0) is 12.8 Å². The number of carbonyl (C=O) groups excluding carboxylic acids is 1. The normalized spacial score (nSPS) is 26.7. The van der Waals surface area contributed by atoms with E-state index in [0.717, 1.165) is 6.42 Å². The smallest absolute Gasteiger partial charge is 0.219 e. The number of nitrogens with one attached hydrogen (secondary N) is 1. The maximum atomic E-state index is 11.4. The van der Waals surface area contributed by atoms with E-state index in [9.17, 15) is 4.79 Å². The molecule has 0 aromatic heterocycles. The zero-order valence-corrected chi connectivity index (χ0v) is 10.4. The van der Waals surface area contributed by atoms with Crippen LogP contribution >= 0.6 is 0 Å². The number of carbonyl (C=O) groups is 1. The van der Waals surface area contributed by atoms with Crippen LogP contribution in [0.1, 0.15) is 46.5 Å². The van der Waals surface area contributed by atoms with Crippen molar-refractivity contribution in [3.8, 4) is 0 Å². The minimum Gasteiger partial charge on any atom is -0.341 e. The molecule has 1 aliphatic rings. The van der Waals surface area contributed by atoms with Crippen LogP contribution in [0.3, 0.4) is 0 Å². The Morgan fingerprint density at radius 1 is 1.33 bits per heavy atom. The Kier molecular flexibility index (Phi) is 4.58. The zero-order chi connectivity index (χ0) is 11.4. The van der Waals surface area contributed by atoms with Gasteiger partial charge in [0.1, 0.15) is 0 Å². The molecule has 0 aliphatic heterocycles. The number of hydrogen-bond donors (Lipinski definition) is 1. The van der Waals surface area contributed by atoms with E-state index in [-0.39, 0.29) is 5.91 Å². The minimum atomic E-state index is 0.178. The van der Waals surface area contributed by atoms with Gasteiger partial charge in [-0.2, -0.15) is 0 Å². The monoisotopic (exact) mass is 212 g/mol. The van der Waals surface area contributed by atoms with Gasteiger partial charge in [-0.1, -0.05) is 26.7 Å². The van der Waals surface area contributed by atoms with E-state index in [2.05, 4.69) is 19.2 Å². The summed E-state index contributed by atoms with van der Waals surface area (Å²) in [5.41, 5.74) is 0. The summed E-state index contributed by atoms with van der Waals surface area (Å²) >= 11 is 0. The Labute approximate surface area is 93.2 Å². The lowest BCUT2D eigenvalue weighted by molar-refractivity contribution is -0.130. The molecule has 0 aromatic carbocycles. The van der Waals surface area contributed by atoms with Gasteiger partial charge in [-0.3, -0.25) is 4.79 Å². The van der Waals surface area contributed by atoms with Crippen molar-refractivity contribution in [3.05, 3.63) is 0 Å². The van der Waals surface area contributed by atoms with Crippen molar-refractivity contribution < 1.29 is 4.79 Å². The first-order valence-electron chi connectivity index (χ1n) is 6.02. The molecule has 88 valence electrons. The molecule has 15 heavy (non-hydrogen) atoms. The Bertz CT molecular complexity index is 216. The van der Waals surface area contributed by atoms with E-state index in [1.54, 1.807) is 6.92 Å². The third-order valence-electron chi connectivity index (χ3n) is 3.27. The summed E-state index contributed by atoms with van der Waals surface area (Å²) in [6, 6.07) is 1.36. The first-order chi connectivity index (χ1) is 7.02. The quantitative estimate of drug-likeness (QED) is 0.773. The minimum absolute atomic E-state index is 0.178. The van der Waals surface area contributed by atoms with E-state index >= 15 is 0 Å². The molecule has 0 radical (unpaired) electrons. The molecule has 1 rings (SSSR count). The lowest BCUT2D eigenvalue weighted by atomic mass is 9.89. The van der Waals surface area contributed by atoms with Crippen LogP contribution in [0.2, 0.25) is 0 Å². The Morgan fingerprint density at radius 3 is 2.47 bits per heavy atom. The van der Waals surface area contributed by atoms with Crippen LogP contribution in [0, 0.1) is 0 Å². The summed E-state index contributed by atoms with van der Waals surface area (Å²) < 4.78 is 0. The lowest BCUT2D eigenvalue weighted by Crippen LogP contribution is -2.53. The van der Waals surface area contributed by atoms with Gasteiger partial charge in [0, 0.05) is 32.1 Å². The maximum absolute atomic E-state index is 11.4. The fourth-order valence-electron chi connectivity index (χ4n) is 2.43. The van der Waals surface area contributed by atoms with Gasteiger partial charge >= 0.3 is 0 Å². The Morgan fingerprint density at radius 2 is 1.93 bits per heavy atom. The van der Waals surface area contributed by atoms with Crippen molar-refractivity contribution in [2.24, 2.45) is 0 Å². The molecule has 0 saturated heterocycles. The molecule has 3 heteroatoms. The van der Waals surface area contributed by atoms with E-state index < -0.39 is 0 Å². The van der Waals surface area contributed by atoms with E-state index in [0.29, 0.717) is 18.1 Å². The first-order valence-corrected chi connectivity index (χ1v) is 6.02. The van der Waals surface area contributed by atoms with Gasteiger partial charge < -0.3 is 10.2 Å². The van der Waals surface area contributed by atoms with Crippen LogP contribution in [0.5, 0.6) is 0 Å². The maximum Gasteiger partial charge on any atom is 0.219 e. The van der Waals surface area contributed by atoms with Crippen molar-refractivity contribution >= 4 is 5.91 Å². The molecule has 1 saturated carbocycles. The Balaban J connectivity index is 2.60. The standard InChI is InChI=1S/C12H24N2O/c1-9(2)13-11-7-5-6-8-12(11)14(4)10(3)15/h9,11-13H,5-8H2,1-4H3. The second kappa shape index (κ2) is 5.50. The van der Waals surface area contributed by atoms with E-state index in [1.165, 1.54) is 19.3 Å². The molecule has 1 fully saturated rings. The highest BCUT2D eigenvalue weighted by atomic mass is 16.2. The van der Waals surface area contributed by atoms with Crippen molar-refractivity contribution in [3.63, 3.8) is 0 Å². The van der Waals surface area contributed by atoms with Crippen molar-refractivity contribution in [2.45, 2.75) is 64.6 Å². The second-order valence-corrected chi connectivity index (χ2v) is 4.91. The number of rotatable bonds is 3. The molecule has 2 atom stereocenters. The summed E-state index contributed by atoms with van der Waals surface area (Å²) in [4.78, 5) is 13.3. The summed E-state index contributed by atoms with van der Waals surface area (Å²) in [5.74, 6) is 0.178. The van der Waals surface area contributed by atoms with Crippen molar-refractivity contribution in [1.29, 1.82) is 0 Å². The average molecular weight is 212 g/mol. The van der Waals surface area contributed by atoms with E-state index in [4.69, 9.17) is 0 Å². The Hall–Kier alpha value is -0.570. The van der Waals surface area contributed by atoms with Crippen LogP contribution in [-0.4, -0.2) is 36.0 Å². The molecule has 0 heterocycles. The van der Waals surface area contributed by atoms with Crippen LogP contribution in [0.25, 0.3) is 0 Å². The van der Waals surface area contributed by atoms with Gasteiger partial charge in [0.05, 0.1) is 0 Å². The molecule has 0 aromatic rings. The van der Waals surface area contributed by atoms with Gasteiger partial charge in [0.2, 0.25) is 5.91 Å². The van der Waals surface area contributed by atoms with Gasteiger partial charge in [-0.15, -0.1) is 0 Å². The first kappa shape index (κ1) is 12.5. The van der Waals surface area contributed by atoms with Crippen LogP contribution in [0.4, 0.5) is 0 Å². The second-order valence-electron chi connectivity index (χ2n) is 4.91. The molecule has 1 N–H and O–H groups in total. The molecule has 2 unspecified atom stereocenters. The number of likely N-dealkylation sites (N-methyl/N-ethyl adjacent to an activating group) is 1. The molecule has 1 aliphatic carbocycles. The fourth-order valence-corrected chi connectivity index (χ4v) is 2.43. The highest BCUT2D eigenvalue weighted by Gasteiger charge is 2.29. The number of amides is 1. The zero-order valence-electron chi connectivity index (χ0n) is 10.4. The van der Waals surface area contributed by atoms with Crippen molar-refractivity contribution in [2.75, 3.05) is 7.05 Å². The lowest BCUT2D eigenvalue weighted by Gasteiger charge is -2.39. The van der Waals surface area contributed by atoms with E-state index in [1.807, 2.05) is 11.9 Å². The van der Waals surface area contributed by atoms with Crippen LogP contribution in [0.15, 0.2) is 0 Å². The van der Waals surface area contributed by atoms with Gasteiger partial charge in [-0.25, -0.2) is 0 Å². The fraction of sp³-hybridized carbons (Fsp3) is 0.917. The topological polar surface area (TPSA) is 32.3 Å².